The molecule has 0 bridgehead atoms. The van der Waals surface area contributed by atoms with E-state index in [0.717, 1.165) is 0 Å². The minimum Gasteiger partial charge on any atom is -0.480 e. The molecule has 0 saturated carbocycles. The fourth-order valence-corrected chi connectivity index (χ4v) is 3.93. The summed E-state index contributed by atoms with van der Waals surface area (Å²) in [6.45, 7) is 0. The van der Waals surface area contributed by atoms with E-state index in [9.17, 15) is 18.5 Å². The first-order chi connectivity index (χ1) is 12.2. The van der Waals surface area contributed by atoms with E-state index in [0.29, 0.717) is 14.5 Å². The van der Waals surface area contributed by atoms with Crippen molar-refractivity contribution in [2.45, 2.75) is 5.56 Å². The van der Waals surface area contributed by atoms with Gasteiger partial charge in [0, 0.05) is 10.0 Å². The van der Waals surface area contributed by atoms with Gasteiger partial charge < -0.3 is 9.47 Å². The quantitative estimate of drug-likeness (QED) is 0.194. The van der Waals surface area contributed by atoms with Crippen LogP contribution in [0.15, 0.2) is 61.9 Å². The van der Waals surface area contributed by atoms with Gasteiger partial charge in [-0.3, -0.25) is 10.1 Å². The molecule has 0 aliphatic heterocycles. The molecule has 0 spiro atoms. The van der Waals surface area contributed by atoms with Crippen molar-refractivity contribution in [3.8, 4) is 5.75 Å². The number of hydrogen-bond donors (Lipinski definition) is 0. The van der Waals surface area contributed by atoms with Crippen LogP contribution < -0.4 is 4.74 Å². The van der Waals surface area contributed by atoms with Gasteiger partial charge in [0.25, 0.3) is 0 Å². The molecule has 0 saturated heterocycles. The Kier molecular flexibility index (Phi) is 6.73. The second-order valence-corrected chi connectivity index (χ2v) is 8.15. The molecule has 0 heterocycles. The molecule has 0 radical (unpaired) electrons. The smallest absolute Gasteiger partial charge is 0.476 e. The zero-order valence-electron chi connectivity index (χ0n) is 13.2. The van der Waals surface area contributed by atoms with Crippen molar-refractivity contribution in [1.29, 1.82) is 0 Å². The maximum absolute atomic E-state index is 12.4. The first-order valence-corrected chi connectivity index (χ1v) is 10.0. The summed E-state index contributed by atoms with van der Waals surface area (Å²) in [6.07, 6.45) is 0. The van der Waals surface area contributed by atoms with Crippen molar-refractivity contribution in [2.75, 3.05) is 7.11 Å². The summed E-state index contributed by atoms with van der Waals surface area (Å²) in [4.78, 5) is 10.2. The summed E-state index contributed by atoms with van der Waals surface area (Å²) in [6, 6.07) is 12.6. The van der Waals surface area contributed by atoms with E-state index in [1.54, 1.807) is 42.5 Å². The maximum atomic E-state index is 12.4. The van der Waals surface area contributed by atoms with Gasteiger partial charge in [0.1, 0.15) is 5.75 Å². The second-order valence-electron chi connectivity index (χ2n) is 4.77. The molecule has 0 N–H and O–H groups in total. The van der Waals surface area contributed by atoms with E-state index in [1.807, 2.05) is 0 Å². The molecule has 138 valence electrons. The number of halogens is 2. The molecule has 8 nitrogen and oxygen atoms in total. The number of benzene rings is 2. The molecule has 26 heavy (non-hydrogen) atoms. The summed E-state index contributed by atoms with van der Waals surface area (Å²) in [5, 5.41) is 11.3. The molecule has 0 fully saturated rings. The molecule has 2 rings (SSSR count). The predicted octanol–water partition coefficient (Wildman–Crippen LogP) is 3.57. The Morgan fingerprint density at radius 3 is 2.38 bits per heavy atom. The van der Waals surface area contributed by atoms with Crippen LogP contribution in [0.4, 0.5) is 0 Å². The molecule has 1 unspecified atom stereocenters. The molecule has 2 aromatic rings. The highest BCUT2D eigenvalue weighted by Crippen LogP contribution is 2.30. The highest BCUT2D eigenvalue weighted by Gasteiger charge is 2.40. The number of rotatable bonds is 6. The van der Waals surface area contributed by atoms with Crippen LogP contribution in [-0.2, 0) is 14.8 Å². The van der Waals surface area contributed by atoms with E-state index in [1.165, 1.54) is 13.2 Å². The first-order valence-electron chi connectivity index (χ1n) is 6.93. The van der Waals surface area contributed by atoms with E-state index < -0.39 is 20.5 Å². The zero-order valence-corrected chi connectivity index (χ0v) is 17.2. The summed E-state index contributed by atoms with van der Waals surface area (Å²) >= 11 is 6.38. The molecular formula is C15H12Br2N2O6S. The van der Waals surface area contributed by atoms with Gasteiger partial charge in [0.15, 0.2) is 0 Å². The van der Waals surface area contributed by atoms with Crippen molar-refractivity contribution in [2.24, 2.45) is 4.40 Å². The summed E-state index contributed by atoms with van der Waals surface area (Å²) in [5.74, 6) is -0.303. The summed E-state index contributed by atoms with van der Waals surface area (Å²) < 4.78 is 39.4. The number of sulfonamides is 1. The van der Waals surface area contributed by atoms with Gasteiger partial charge in [0.05, 0.1) is 16.5 Å². The SMILES string of the molecule is CO/C(=N\S(=O)(=O)C(Oc1ccc(Br)cc1Br)[N+](=O)[O-])c1ccccc1. The van der Waals surface area contributed by atoms with Crippen molar-refractivity contribution < 1.29 is 22.8 Å². The topological polar surface area (TPSA) is 108 Å². The third-order valence-corrected chi connectivity index (χ3v) is 5.28. The van der Waals surface area contributed by atoms with Crippen LogP contribution in [0.5, 0.6) is 5.75 Å². The molecule has 11 heteroatoms. The Labute approximate surface area is 166 Å². The standard InChI is InChI=1S/C15H12Br2N2O6S/c1-24-14(10-5-3-2-4-6-10)18-26(22,23)15(19(20)21)25-13-8-7-11(16)9-12(13)17/h2-9,15H,1H3/b18-14-. The van der Waals surface area contributed by atoms with Crippen LogP contribution in [0.3, 0.4) is 0 Å². The van der Waals surface area contributed by atoms with E-state index >= 15 is 0 Å². The Hall–Kier alpha value is -1.98. The van der Waals surface area contributed by atoms with Gasteiger partial charge in [-0.2, -0.15) is 8.42 Å². The summed E-state index contributed by atoms with van der Waals surface area (Å²) in [7, 11) is -3.48. The van der Waals surface area contributed by atoms with Crippen LogP contribution in [0.2, 0.25) is 0 Å². The molecule has 0 aromatic heterocycles. The van der Waals surface area contributed by atoms with Gasteiger partial charge in [-0.1, -0.05) is 34.1 Å². The fraction of sp³-hybridized carbons (Fsp3) is 0.133. The fourth-order valence-electron chi connectivity index (χ4n) is 1.84. The van der Waals surface area contributed by atoms with Gasteiger partial charge >= 0.3 is 15.6 Å². The van der Waals surface area contributed by atoms with Gasteiger partial charge in [-0.05, 0) is 46.3 Å². The highest BCUT2D eigenvalue weighted by molar-refractivity contribution is 9.11. The van der Waals surface area contributed by atoms with Crippen LogP contribution in [0.1, 0.15) is 5.56 Å². The molecule has 1 atom stereocenters. The third kappa shape index (κ3) is 5.02. The van der Waals surface area contributed by atoms with Crippen molar-refractivity contribution in [3.05, 3.63) is 73.2 Å². The molecule has 0 aliphatic rings. The predicted molar refractivity (Wildman–Crippen MR) is 102 cm³/mol. The van der Waals surface area contributed by atoms with E-state index in [2.05, 4.69) is 36.3 Å². The minimum atomic E-state index is -4.70. The average molecular weight is 508 g/mol. The number of nitro groups is 1. The number of methoxy groups -OCH3 is 1. The van der Waals surface area contributed by atoms with Crippen molar-refractivity contribution in [3.63, 3.8) is 0 Å². The van der Waals surface area contributed by atoms with E-state index in [4.69, 9.17) is 9.47 Å². The van der Waals surface area contributed by atoms with Gasteiger partial charge in [-0.15, -0.1) is 4.40 Å². The molecule has 2 aromatic carbocycles. The summed E-state index contributed by atoms with van der Waals surface area (Å²) in [5.41, 5.74) is -2.08. The van der Waals surface area contributed by atoms with E-state index in [-0.39, 0.29) is 11.6 Å². The Morgan fingerprint density at radius 2 is 1.85 bits per heavy atom. The normalized spacial score (nSPS) is 13.1. The van der Waals surface area contributed by atoms with Crippen LogP contribution in [0, 0.1) is 10.1 Å². The Balaban J connectivity index is 2.41. The number of hydrogen-bond acceptors (Lipinski definition) is 6. The average Bonchev–Trinajstić information content (AvgIpc) is 2.59. The van der Waals surface area contributed by atoms with Crippen LogP contribution >= 0.6 is 31.9 Å². The van der Waals surface area contributed by atoms with Gasteiger partial charge in [0.2, 0.25) is 5.90 Å². The lowest BCUT2D eigenvalue weighted by Gasteiger charge is -2.12. The third-order valence-electron chi connectivity index (χ3n) is 2.97. The number of nitrogens with zero attached hydrogens (tertiary/aromatic N) is 2. The van der Waals surface area contributed by atoms with Gasteiger partial charge in [-0.25, -0.2) is 0 Å². The molecule has 0 aliphatic carbocycles. The largest absolute Gasteiger partial charge is 0.480 e. The Bertz CT molecular complexity index is 934. The lowest BCUT2D eigenvalue weighted by atomic mass is 10.2. The highest BCUT2D eigenvalue weighted by atomic mass is 79.9. The maximum Gasteiger partial charge on any atom is 0.476 e. The first kappa shape index (κ1) is 20.3. The lowest BCUT2D eigenvalue weighted by Crippen LogP contribution is -2.35. The second kappa shape index (κ2) is 8.60. The monoisotopic (exact) mass is 506 g/mol. The molecule has 0 amide bonds. The Morgan fingerprint density at radius 1 is 1.19 bits per heavy atom. The van der Waals surface area contributed by atoms with Crippen molar-refractivity contribution in [1.82, 2.24) is 0 Å². The van der Waals surface area contributed by atoms with Crippen LogP contribution in [-0.4, -0.2) is 31.9 Å². The molecular weight excluding hydrogens is 496 g/mol. The lowest BCUT2D eigenvalue weighted by molar-refractivity contribution is -0.534. The van der Waals surface area contributed by atoms with Crippen LogP contribution in [0.25, 0.3) is 0 Å². The minimum absolute atomic E-state index is 0.0210. The zero-order chi connectivity index (χ0) is 19.3. The van der Waals surface area contributed by atoms with Crippen molar-refractivity contribution >= 4 is 47.8 Å². The number of ether oxygens (including phenoxy) is 2.